The molecule has 5 heteroatoms. The highest BCUT2D eigenvalue weighted by Crippen LogP contribution is 2.15. The molecule has 0 fully saturated rings. The third-order valence-electron chi connectivity index (χ3n) is 2.10. The smallest absolute Gasteiger partial charge is 0.248 e. The fraction of sp³-hybridized carbons (Fsp3) is 0. The van der Waals surface area contributed by atoms with Gasteiger partial charge in [-0.05, 0) is 12.1 Å². The number of amides is 1. The zero-order valence-corrected chi connectivity index (χ0v) is 8.42. The van der Waals surface area contributed by atoms with Gasteiger partial charge in [-0.2, -0.15) is 0 Å². The summed E-state index contributed by atoms with van der Waals surface area (Å²) in [6, 6.07) is 6.76. The molecule has 0 radical (unpaired) electrons. The van der Waals surface area contributed by atoms with E-state index in [1.54, 1.807) is 24.3 Å². The fourth-order valence-corrected chi connectivity index (χ4v) is 1.27. The predicted octanol–water partition coefficient (Wildman–Crippen LogP) is 0.825. The highest BCUT2D eigenvalue weighted by Gasteiger charge is 2.03. The molecule has 0 atom stereocenters. The summed E-state index contributed by atoms with van der Waals surface area (Å²) in [6.07, 6.45) is 3.06. The second-order valence-electron chi connectivity index (χ2n) is 3.28. The van der Waals surface area contributed by atoms with Crippen LogP contribution in [0.4, 0.5) is 5.69 Å². The molecule has 0 aliphatic carbocycles. The number of nitrogen functional groups attached to an aromatic ring is 1. The molecule has 0 aliphatic heterocycles. The van der Waals surface area contributed by atoms with E-state index >= 15 is 0 Å². The lowest BCUT2D eigenvalue weighted by Crippen LogP contribution is -2.10. The maximum absolute atomic E-state index is 10.9. The van der Waals surface area contributed by atoms with Crippen molar-refractivity contribution in [2.75, 3.05) is 5.73 Å². The van der Waals surface area contributed by atoms with Crippen molar-refractivity contribution in [1.29, 1.82) is 0 Å². The Morgan fingerprint density at radius 1 is 1.06 bits per heavy atom. The molecule has 0 bridgehead atoms. The number of nitrogens with zero attached hydrogens (tertiary/aromatic N) is 2. The molecule has 4 N–H and O–H groups in total. The van der Waals surface area contributed by atoms with Gasteiger partial charge in [0.15, 0.2) is 5.82 Å². The van der Waals surface area contributed by atoms with Crippen molar-refractivity contribution >= 4 is 11.6 Å². The molecule has 1 amide bonds. The number of carbonyl (C=O) groups is 1. The van der Waals surface area contributed by atoms with Crippen LogP contribution < -0.4 is 11.5 Å². The van der Waals surface area contributed by atoms with Crippen LogP contribution in [0.15, 0.2) is 36.7 Å². The quantitative estimate of drug-likeness (QED) is 0.773. The minimum absolute atomic E-state index is 0.454. The van der Waals surface area contributed by atoms with Crippen LogP contribution in [0.5, 0.6) is 0 Å². The Bertz CT molecular complexity index is 505. The third kappa shape index (κ3) is 1.98. The van der Waals surface area contributed by atoms with Crippen LogP contribution >= 0.6 is 0 Å². The summed E-state index contributed by atoms with van der Waals surface area (Å²) in [7, 11) is 0. The van der Waals surface area contributed by atoms with E-state index in [2.05, 4.69) is 9.97 Å². The van der Waals surface area contributed by atoms with Crippen LogP contribution in [0.1, 0.15) is 10.4 Å². The number of benzene rings is 1. The number of aromatic nitrogens is 2. The van der Waals surface area contributed by atoms with E-state index in [1.165, 1.54) is 12.4 Å². The molecule has 0 saturated heterocycles. The fourth-order valence-electron chi connectivity index (χ4n) is 1.27. The van der Waals surface area contributed by atoms with Crippen molar-refractivity contribution < 1.29 is 4.79 Å². The van der Waals surface area contributed by atoms with Gasteiger partial charge in [0.25, 0.3) is 0 Å². The van der Waals surface area contributed by atoms with Gasteiger partial charge in [0.2, 0.25) is 5.91 Å². The van der Waals surface area contributed by atoms with Gasteiger partial charge in [0.05, 0.1) is 18.1 Å². The number of hydrogen-bond donors (Lipinski definition) is 2. The molecular weight excluding hydrogens is 204 g/mol. The molecule has 2 aromatic rings. The average molecular weight is 214 g/mol. The Labute approximate surface area is 92.1 Å². The highest BCUT2D eigenvalue weighted by molar-refractivity contribution is 5.93. The first-order valence-electron chi connectivity index (χ1n) is 4.64. The number of rotatable bonds is 2. The lowest BCUT2D eigenvalue weighted by Gasteiger charge is -2.01. The van der Waals surface area contributed by atoms with E-state index in [4.69, 9.17) is 11.5 Å². The summed E-state index contributed by atoms with van der Waals surface area (Å²) in [4.78, 5) is 19.0. The van der Waals surface area contributed by atoms with Gasteiger partial charge in [-0.1, -0.05) is 12.1 Å². The van der Waals surface area contributed by atoms with Crippen LogP contribution in [0, 0.1) is 0 Å². The van der Waals surface area contributed by atoms with Gasteiger partial charge < -0.3 is 11.5 Å². The molecule has 5 nitrogen and oxygen atoms in total. The van der Waals surface area contributed by atoms with Gasteiger partial charge in [-0.15, -0.1) is 0 Å². The summed E-state index contributed by atoms with van der Waals surface area (Å²) in [5.41, 5.74) is 12.4. The zero-order valence-electron chi connectivity index (χ0n) is 8.42. The minimum Gasteiger partial charge on any atom is -0.396 e. The maximum Gasteiger partial charge on any atom is 0.248 e. The van der Waals surface area contributed by atoms with E-state index < -0.39 is 5.91 Å². The van der Waals surface area contributed by atoms with Crippen molar-refractivity contribution in [3.05, 3.63) is 42.2 Å². The van der Waals surface area contributed by atoms with Crippen molar-refractivity contribution in [3.8, 4) is 11.4 Å². The average Bonchev–Trinajstić information content (AvgIpc) is 2.30. The number of carbonyl (C=O) groups excluding carboxylic acids is 1. The van der Waals surface area contributed by atoms with Gasteiger partial charge in [0, 0.05) is 11.1 Å². The molecule has 80 valence electrons. The van der Waals surface area contributed by atoms with Crippen LogP contribution in [-0.2, 0) is 0 Å². The van der Waals surface area contributed by atoms with E-state index in [-0.39, 0.29) is 0 Å². The summed E-state index contributed by atoms with van der Waals surface area (Å²) < 4.78 is 0. The first-order chi connectivity index (χ1) is 7.66. The van der Waals surface area contributed by atoms with Gasteiger partial charge in [-0.25, -0.2) is 9.97 Å². The SMILES string of the molecule is NC(=O)c1ccc(-c2ncc(N)cn2)cc1. The van der Waals surface area contributed by atoms with Crippen molar-refractivity contribution in [2.24, 2.45) is 5.73 Å². The predicted molar refractivity (Wildman–Crippen MR) is 60.4 cm³/mol. The Hall–Kier alpha value is -2.43. The molecule has 0 saturated carbocycles. The Balaban J connectivity index is 2.34. The molecule has 0 aliphatic rings. The topological polar surface area (TPSA) is 94.9 Å². The summed E-state index contributed by atoms with van der Waals surface area (Å²) in [5.74, 6) is 0.106. The van der Waals surface area contributed by atoms with Gasteiger partial charge >= 0.3 is 0 Å². The first-order valence-corrected chi connectivity index (χ1v) is 4.64. The number of nitrogens with two attached hydrogens (primary N) is 2. The van der Waals surface area contributed by atoms with E-state index in [0.717, 1.165) is 5.56 Å². The van der Waals surface area contributed by atoms with Crippen LogP contribution in [0.2, 0.25) is 0 Å². The van der Waals surface area contributed by atoms with E-state index in [9.17, 15) is 4.79 Å². The lowest BCUT2D eigenvalue weighted by molar-refractivity contribution is 0.100. The normalized spacial score (nSPS) is 10.0. The van der Waals surface area contributed by atoms with Crippen LogP contribution in [-0.4, -0.2) is 15.9 Å². The minimum atomic E-state index is -0.454. The molecule has 1 aromatic carbocycles. The van der Waals surface area contributed by atoms with E-state index in [1.807, 2.05) is 0 Å². The molecular formula is C11H10N4O. The largest absolute Gasteiger partial charge is 0.396 e. The lowest BCUT2D eigenvalue weighted by atomic mass is 10.1. The molecule has 2 rings (SSSR count). The summed E-state index contributed by atoms with van der Waals surface area (Å²) in [6.45, 7) is 0. The van der Waals surface area contributed by atoms with Gasteiger partial charge in [0.1, 0.15) is 0 Å². The van der Waals surface area contributed by atoms with Crippen molar-refractivity contribution in [2.45, 2.75) is 0 Å². The maximum atomic E-state index is 10.9. The number of primary amides is 1. The molecule has 1 heterocycles. The Kier molecular flexibility index (Phi) is 2.51. The first kappa shape index (κ1) is 10.1. The summed E-state index contributed by atoms with van der Waals surface area (Å²) in [5, 5.41) is 0. The van der Waals surface area contributed by atoms with Crippen molar-refractivity contribution in [1.82, 2.24) is 9.97 Å². The Morgan fingerprint density at radius 2 is 1.62 bits per heavy atom. The zero-order chi connectivity index (χ0) is 11.5. The number of hydrogen-bond acceptors (Lipinski definition) is 4. The second kappa shape index (κ2) is 3.98. The molecule has 16 heavy (non-hydrogen) atoms. The molecule has 0 spiro atoms. The van der Waals surface area contributed by atoms with Gasteiger partial charge in [-0.3, -0.25) is 4.79 Å². The molecule has 1 aromatic heterocycles. The third-order valence-corrected chi connectivity index (χ3v) is 2.10. The molecule has 0 unspecified atom stereocenters. The number of anilines is 1. The van der Waals surface area contributed by atoms with Crippen molar-refractivity contribution in [3.63, 3.8) is 0 Å². The van der Waals surface area contributed by atoms with Crippen LogP contribution in [0.3, 0.4) is 0 Å². The Morgan fingerprint density at radius 3 is 2.12 bits per heavy atom. The standard InChI is InChI=1S/C11H10N4O/c12-9-5-14-11(15-6-9)8-3-1-7(2-4-8)10(13)16/h1-6H,12H2,(H2,13,16). The monoisotopic (exact) mass is 214 g/mol. The van der Waals surface area contributed by atoms with E-state index in [0.29, 0.717) is 17.1 Å². The second-order valence-corrected chi connectivity index (χ2v) is 3.28. The highest BCUT2D eigenvalue weighted by atomic mass is 16.1. The van der Waals surface area contributed by atoms with Crippen LogP contribution in [0.25, 0.3) is 11.4 Å². The summed E-state index contributed by atoms with van der Waals surface area (Å²) >= 11 is 0.